The van der Waals surface area contributed by atoms with Crippen molar-refractivity contribution in [3.8, 4) is 0 Å². The van der Waals surface area contributed by atoms with Crippen LogP contribution < -0.4 is 4.72 Å². The van der Waals surface area contributed by atoms with Gasteiger partial charge in [-0.25, -0.2) is 8.42 Å². The zero-order valence-corrected chi connectivity index (χ0v) is 18.0. The van der Waals surface area contributed by atoms with Crippen LogP contribution in [0.15, 0.2) is 24.3 Å². The molecular weight excluding hydrogens is 356 g/mol. The molecule has 1 saturated heterocycles. The summed E-state index contributed by atoms with van der Waals surface area (Å²) in [6, 6.07) is 7.97. The predicted molar refractivity (Wildman–Crippen MR) is 114 cm³/mol. The molecule has 1 heterocycles. The third-order valence-electron chi connectivity index (χ3n) is 6.95. The second kappa shape index (κ2) is 8.52. The molecule has 2 aliphatic rings. The van der Waals surface area contributed by atoms with E-state index in [1.165, 1.54) is 56.9 Å². The van der Waals surface area contributed by atoms with E-state index in [2.05, 4.69) is 29.5 Å². The Morgan fingerprint density at radius 1 is 1.26 bits per heavy atom. The number of nitrogens with zero attached hydrogens (tertiary/aromatic N) is 1. The number of hydrogen-bond acceptors (Lipinski definition) is 3. The highest BCUT2D eigenvalue weighted by molar-refractivity contribution is 7.92. The predicted octanol–water partition coefficient (Wildman–Crippen LogP) is 4.63. The van der Waals surface area contributed by atoms with Crippen molar-refractivity contribution in [3.05, 3.63) is 29.8 Å². The molecule has 5 heteroatoms. The standard InChI is InChI=1S/C22H36N2O2S/c1-18-17-24(14-7-10-19-8-4-5-9-19)15-13-22(18,2)20-11-6-12-21(16-20)23-27(3,25)26/h6,11-12,16,18-19,23H,4-5,7-10,13-15,17H2,1-3H3. The van der Waals surface area contributed by atoms with Gasteiger partial charge in [-0.05, 0) is 67.3 Å². The van der Waals surface area contributed by atoms with E-state index in [-0.39, 0.29) is 5.41 Å². The van der Waals surface area contributed by atoms with Crippen LogP contribution >= 0.6 is 0 Å². The molecule has 4 nitrogen and oxygen atoms in total. The third-order valence-corrected chi connectivity index (χ3v) is 7.56. The molecule has 0 amide bonds. The van der Waals surface area contributed by atoms with E-state index in [4.69, 9.17) is 0 Å². The minimum Gasteiger partial charge on any atom is -0.303 e. The van der Waals surface area contributed by atoms with E-state index in [1.807, 2.05) is 18.2 Å². The van der Waals surface area contributed by atoms with Gasteiger partial charge < -0.3 is 4.90 Å². The van der Waals surface area contributed by atoms with Gasteiger partial charge in [-0.1, -0.05) is 51.7 Å². The fourth-order valence-corrected chi connectivity index (χ4v) is 5.56. The first-order chi connectivity index (χ1) is 12.8. The van der Waals surface area contributed by atoms with Crippen molar-refractivity contribution in [1.82, 2.24) is 4.90 Å². The number of piperidine rings is 1. The Bertz CT molecular complexity index is 728. The van der Waals surface area contributed by atoms with Crippen molar-refractivity contribution in [1.29, 1.82) is 0 Å². The van der Waals surface area contributed by atoms with Gasteiger partial charge in [0.1, 0.15) is 0 Å². The first-order valence-corrected chi connectivity index (χ1v) is 12.5. The Balaban J connectivity index is 1.58. The topological polar surface area (TPSA) is 49.4 Å². The molecule has 152 valence electrons. The maximum absolute atomic E-state index is 11.6. The Morgan fingerprint density at radius 3 is 2.67 bits per heavy atom. The lowest BCUT2D eigenvalue weighted by atomic mass is 9.68. The molecule has 0 radical (unpaired) electrons. The molecule has 0 aromatic heterocycles. The van der Waals surface area contributed by atoms with Gasteiger partial charge in [-0.2, -0.15) is 0 Å². The number of benzene rings is 1. The quantitative estimate of drug-likeness (QED) is 0.736. The monoisotopic (exact) mass is 392 g/mol. The highest BCUT2D eigenvalue weighted by atomic mass is 32.2. The first kappa shape index (κ1) is 20.7. The molecule has 27 heavy (non-hydrogen) atoms. The van der Waals surface area contributed by atoms with Gasteiger partial charge in [0.15, 0.2) is 0 Å². The highest BCUT2D eigenvalue weighted by Crippen LogP contribution is 2.40. The van der Waals surface area contributed by atoms with E-state index in [9.17, 15) is 8.42 Å². The largest absolute Gasteiger partial charge is 0.303 e. The van der Waals surface area contributed by atoms with Crippen LogP contribution in [0.3, 0.4) is 0 Å². The van der Waals surface area contributed by atoms with Crippen LogP contribution in [0.25, 0.3) is 0 Å². The number of anilines is 1. The van der Waals surface area contributed by atoms with Crippen LogP contribution in [-0.4, -0.2) is 39.2 Å². The Hall–Kier alpha value is -1.07. The summed E-state index contributed by atoms with van der Waals surface area (Å²) in [4.78, 5) is 2.64. The van der Waals surface area contributed by atoms with Gasteiger partial charge >= 0.3 is 0 Å². The minimum absolute atomic E-state index is 0.0944. The molecule has 1 N–H and O–H groups in total. The molecule has 3 rings (SSSR count). The fraction of sp³-hybridized carbons (Fsp3) is 0.727. The van der Waals surface area contributed by atoms with Crippen LogP contribution in [0, 0.1) is 11.8 Å². The molecular formula is C22H36N2O2S. The number of rotatable bonds is 7. The van der Waals surface area contributed by atoms with Gasteiger partial charge in [0.25, 0.3) is 0 Å². The van der Waals surface area contributed by atoms with Gasteiger partial charge in [-0.3, -0.25) is 4.72 Å². The molecule has 0 spiro atoms. The maximum Gasteiger partial charge on any atom is 0.229 e. The lowest BCUT2D eigenvalue weighted by molar-refractivity contribution is 0.108. The van der Waals surface area contributed by atoms with Gasteiger partial charge in [0.2, 0.25) is 10.0 Å². The first-order valence-electron chi connectivity index (χ1n) is 10.6. The second-order valence-electron chi connectivity index (χ2n) is 9.12. The molecule has 1 aromatic carbocycles. The number of likely N-dealkylation sites (tertiary alicyclic amines) is 1. The zero-order chi connectivity index (χ0) is 19.5. The average molecular weight is 393 g/mol. The molecule has 1 aliphatic heterocycles. The molecule has 0 bridgehead atoms. The Kier molecular flexibility index (Phi) is 6.52. The summed E-state index contributed by atoms with van der Waals surface area (Å²) in [5, 5.41) is 0. The van der Waals surface area contributed by atoms with Crippen molar-refractivity contribution in [2.75, 3.05) is 30.6 Å². The summed E-state index contributed by atoms with van der Waals surface area (Å²) in [7, 11) is -3.24. The Labute approximate surface area is 165 Å². The van der Waals surface area contributed by atoms with E-state index in [0.29, 0.717) is 11.6 Å². The third kappa shape index (κ3) is 5.47. The van der Waals surface area contributed by atoms with Crippen LogP contribution in [-0.2, 0) is 15.4 Å². The van der Waals surface area contributed by atoms with Crippen molar-refractivity contribution in [3.63, 3.8) is 0 Å². The zero-order valence-electron chi connectivity index (χ0n) is 17.2. The lowest BCUT2D eigenvalue weighted by Gasteiger charge is -2.45. The van der Waals surface area contributed by atoms with E-state index in [1.54, 1.807) is 0 Å². The summed E-state index contributed by atoms with van der Waals surface area (Å²) in [6.45, 7) is 8.18. The average Bonchev–Trinajstić information content (AvgIpc) is 3.10. The normalized spacial score (nSPS) is 27.7. The van der Waals surface area contributed by atoms with Crippen LogP contribution in [0.2, 0.25) is 0 Å². The number of nitrogens with one attached hydrogen (secondary N) is 1. The molecule has 2 unspecified atom stereocenters. The van der Waals surface area contributed by atoms with Gasteiger partial charge in [-0.15, -0.1) is 0 Å². The van der Waals surface area contributed by atoms with Crippen molar-refractivity contribution >= 4 is 15.7 Å². The van der Waals surface area contributed by atoms with E-state index < -0.39 is 10.0 Å². The van der Waals surface area contributed by atoms with Crippen LogP contribution in [0.5, 0.6) is 0 Å². The summed E-state index contributed by atoms with van der Waals surface area (Å²) in [5.74, 6) is 1.54. The molecule has 2 fully saturated rings. The van der Waals surface area contributed by atoms with Gasteiger partial charge in [0.05, 0.1) is 6.26 Å². The minimum atomic E-state index is -3.24. The second-order valence-corrected chi connectivity index (χ2v) is 10.9. The summed E-state index contributed by atoms with van der Waals surface area (Å²) < 4.78 is 25.7. The van der Waals surface area contributed by atoms with E-state index in [0.717, 1.165) is 25.4 Å². The molecule has 1 saturated carbocycles. The summed E-state index contributed by atoms with van der Waals surface area (Å²) >= 11 is 0. The highest BCUT2D eigenvalue weighted by Gasteiger charge is 2.38. The molecule has 2 atom stereocenters. The maximum atomic E-state index is 11.6. The summed E-state index contributed by atoms with van der Waals surface area (Å²) in [6.07, 6.45) is 10.9. The number of sulfonamides is 1. The number of hydrogen-bond donors (Lipinski definition) is 1. The Morgan fingerprint density at radius 2 is 2.00 bits per heavy atom. The van der Waals surface area contributed by atoms with Crippen molar-refractivity contribution in [2.45, 2.75) is 64.2 Å². The van der Waals surface area contributed by atoms with E-state index >= 15 is 0 Å². The SMILES string of the molecule is CC1CN(CCCC2CCCC2)CCC1(C)c1cccc(NS(C)(=O)=O)c1. The molecule has 1 aromatic rings. The fourth-order valence-electron chi connectivity index (χ4n) is 5.00. The molecule has 1 aliphatic carbocycles. The lowest BCUT2D eigenvalue weighted by Crippen LogP contribution is -2.47. The van der Waals surface area contributed by atoms with Crippen LogP contribution in [0.1, 0.15) is 64.4 Å². The summed E-state index contributed by atoms with van der Waals surface area (Å²) in [5.41, 5.74) is 2.01. The van der Waals surface area contributed by atoms with Crippen LogP contribution in [0.4, 0.5) is 5.69 Å². The smallest absolute Gasteiger partial charge is 0.229 e. The van der Waals surface area contributed by atoms with Gasteiger partial charge in [0, 0.05) is 12.2 Å². The van der Waals surface area contributed by atoms with Crippen molar-refractivity contribution in [2.24, 2.45) is 11.8 Å². The van der Waals surface area contributed by atoms with Crippen molar-refractivity contribution < 1.29 is 8.42 Å².